The van der Waals surface area contributed by atoms with E-state index < -0.39 is 0 Å². The maximum absolute atomic E-state index is 2.31. The Hall–Kier alpha value is -1.67. The third-order valence-corrected chi connectivity index (χ3v) is 4.20. The Morgan fingerprint density at radius 1 is 1.06 bits per heavy atom. The molecule has 4 rings (SSSR count). The van der Waals surface area contributed by atoms with E-state index in [-0.39, 0.29) is 0 Å². The molecule has 2 aromatic rings. The first-order valence-electron chi connectivity index (χ1n) is 5.72. The smallest absolute Gasteiger partial charge is 0.0724 e. The van der Waals surface area contributed by atoms with Crippen LogP contribution < -0.4 is 0 Å². The molecule has 2 aliphatic heterocycles. The zero-order valence-corrected chi connectivity index (χ0v) is 10.1. The summed E-state index contributed by atoms with van der Waals surface area (Å²) in [6.45, 7) is 0. The summed E-state index contributed by atoms with van der Waals surface area (Å²) in [7, 11) is 0. The zero-order chi connectivity index (χ0) is 11.2. The van der Waals surface area contributed by atoms with Gasteiger partial charge in [0, 0.05) is 11.8 Å². The van der Waals surface area contributed by atoms with Crippen molar-refractivity contribution in [1.29, 1.82) is 0 Å². The van der Waals surface area contributed by atoms with Crippen LogP contribution in [0, 0.1) is 0 Å². The third-order valence-electron chi connectivity index (χ3n) is 3.39. The molecule has 0 aliphatic carbocycles. The monoisotopic (exact) mass is 237 g/mol. The van der Waals surface area contributed by atoms with Crippen molar-refractivity contribution in [2.45, 2.75) is 0 Å². The summed E-state index contributed by atoms with van der Waals surface area (Å²) >= 11 is 1.86. The van der Waals surface area contributed by atoms with Gasteiger partial charge in [0.15, 0.2) is 0 Å². The van der Waals surface area contributed by atoms with Crippen LogP contribution in [0.4, 0.5) is 0 Å². The number of nitrogens with zero attached hydrogens (tertiary/aromatic N) is 1. The highest BCUT2D eigenvalue weighted by Crippen LogP contribution is 2.39. The van der Waals surface area contributed by atoms with Gasteiger partial charge in [-0.25, -0.2) is 0 Å². The minimum absolute atomic E-state index is 1.04. The maximum Gasteiger partial charge on any atom is 0.0724 e. The molecule has 0 amide bonds. The van der Waals surface area contributed by atoms with Crippen LogP contribution in [-0.4, -0.2) is 10.8 Å². The van der Waals surface area contributed by atoms with Crippen LogP contribution in [0.25, 0.3) is 22.5 Å². The second-order valence-corrected chi connectivity index (χ2v) is 5.16. The van der Waals surface area contributed by atoms with Crippen molar-refractivity contribution in [3.8, 4) is 0 Å². The Bertz CT molecular complexity index is 670. The Morgan fingerprint density at radius 3 is 3.00 bits per heavy atom. The quantitative estimate of drug-likeness (QED) is 0.677. The molecule has 0 radical (unpaired) electrons. The SMILES string of the molecule is C1=CN2CSC=C2c2ccc3ccccc3c21. The Kier molecular flexibility index (Phi) is 1.88. The van der Waals surface area contributed by atoms with Crippen molar-refractivity contribution in [1.82, 2.24) is 4.90 Å². The fourth-order valence-corrected chi connectivity index (χ4v) is 3.42. The van der Waals surface area contributed by atoms with Crippen LogP contribution in [0.2, 0.25) is 0 Å². The summed E-state index contributed by atoms with van der Waals surface area (Å²) < 4.78 is 0. The van der Waals surface area contributed by atoms with Gasteiger partial charge < -0.3 is 4.90 Å². The van der Waals surface area contributed by atoms with Gasteiger partial charge in [-0.05, 0) is 27.8 Å². The van der Waals surface area contributed by atoms with Crippen LogP contribution in [0.5, 0.6) is 0 Å². The van der Waals surface area contributed by atoms with Crippen molar-refractivity contribution >= 4 is 34.3 Å². The van der Waals surface area contributed by atoms with Crippen molar-refractivity contribution in [2.24, 2.45) is 0 Å². The molecule has 0 spiro atoms. The van der Waals surface area contributed by atoms with E-state index in [1.54, 1.807) is 0 Å². The lowest BCUT2D eigenvalue weighted by molar-refractivity contribution is 0.640. The van der Waals surface area contributed by atoms with E-state index in [0.717, 1.165) is 5.88 Å². The molecule has 17 heavy (non-hydrogen) atoms. The lowest BCUT2D eigenvalue weighted by Crippen LogP contribution is -2.14. The van der Waals surface area contributed by atoms with Gasteiger partial charge in [-0.3, -0.25) is 0 Å². The largest absolute Gasteiger partial charge is 0.337 e. The van der Waals surface area contributed by atoms with Crippen LogP contribution in [0.15, 0.2) is 48.0 Å². The van der Waals surface area contributed by atoms with E-state index in [1.165, 1.54) is 27.6 Å². The fourth-order valence-electron chi connectivity index (χ4n) is 2.54. The van der Waals surface area contributed by atoms with Gasteiger partial charge in [0.2, 0.25) is 0 Å². The van der Waals surface area contributed by atoms with Gasteiger partial charge in [-0.15, -0.1) is 11.8 Å². The summed E-state index contributed by atoms with van der Waals surface area (Å²) in [5.74, 6) is 1.04. The molecule has 0 aromatic heterocycles. The highest BCUT2D eigenvalue weighted by Gasteiger charge is 2.21. The van der Waals surface area contributed by atoms with Crippen molar-refractivity contribution in [3.63, 3.8) is 0 Å². The topological polar surface area (TPSA) is 3.24 Å². The molecule has 82 valence electrons. The predicted octanol–water partition coefficient (Wildman–Crippen LogP) is 4.13. The van der Waals surface area contributed by atoms with Crippen LogP contribution in [-0.2, 0) is 0 Å². The minimum atomic E-state index is 1.04. The first-order valence-corrected chi connectivity index (χ1v) is 6.77. The average molecular weight is 237 g/mol. The van der Waals surface area contributed by atoms with Crippen LogP contribution in [0.3, 0.4) is 0 Å². The van der Waals surface area contributed by atoms with E-state index in [9.17, 15) is 0 Å². The van der Waals surface area contributed by atoms with Crippen LogP contribution >= 0.6 is 11.8 Å². The molecular weight excluding hydrogens is 226 g/mol. The molecule has 2 heteroatoms. The number of hydrogen-bond donors (Lipinski definition) is 0. The maximum atomic E-state index is 2.31. The van der Waals surface area contributed by atoms with E-state index >= 15 is 0 Å². The van der Waals surface area contributed by atoms with Gasteiger partial charge in [0.25, 0.3) is 0 Å². The molecule has 0 fully saturated rings. The summed E-state index contributed by atoms with van der Waals surface area (Å²) in [6, 6.07) is 13.0. The van der Waals surface area contributed by atoms with E-state index in [4.69, 9.17) is 0 Å². The van der Waals surface area contributed by atoms with Crippen LogP contribution in [0.1, 0.15) is 11.1 Å². The third kappa shape index (κ3) is 1.28. The zero-order valence-electron chi connectivity index (χ0n) is 9.26. The van der Waals surface area contributed by atoms with Crippen molar-refractivity contribution in [3.05, 3.63) is 59.1 Å². The van der Waals surface area contributed by atoms with Gasteiger partial charge in [0.05, 0.1) is 11.6 Å². The summed E-state index contributed by atoms with van der Waals surface area (Å²) in [6.07, 6.45) is 4.43. The molecule has 0 N–H and O–H groups in total. The van der Waals surface area contributed by atoms with Crippen molar-refractivity contribution < 1.29 is 0 Å². The molecule has 0 unspecified atom stereocenters. The van der Waals surface area contributed by atoms with Gasteiger partial charge in [-0.1, -0.05) is 36.4 Å². The van der Waals surface area contributed by atoms with Gasteiger partial charge in [-0.2, -0.15) is 0 Å². The number of rotatable bonds is 0. The van der Waals surface area contributed by atoms with Crippen molar-refractivity contribution in [2.75, 3.05) is 5.88 Å². The molecule has 1 nitrogen and oxygen atoms in total. The number of thioether (sulfide) groups is 1. The van der Waals surface area contributed by atoms with Gasteiger partial charge in [0.1, 0.15) is 0 Å². The van der Waals surface area contributed by atoms with Gasteiger partial charge >= 0.3 is 0 Å². The Balaban J connectivity index is 2.08. The normalized spacial score (nSPS) is 16.9. The first kappa shape index (κ1) is 9.37. The average Bonchev–Trinajstić information content (AvgIpc) is 2.86. The standard InChI is InChI=1S/C15H11NS/c1-2-4-12-11(3-1)5-6-14-13(12)7-8-16-10-17-9-15(14)16/h1-9H,10H2. The molecule has 0 saturated carbocycles. The summed E-state index contributed by atoms with van der Waals surface area (Å²) in [5.41, 5.74) is 4.06. The second-order valence-electron chi connectivity index (χ2n) is 4.33. The highest BCUT2D eigenvalue weighted by atomic mass is 32.2. The fraction of sp³-hybridized carbons (Fsp3) is 0.0667. The molecule has 0 atom stereocenters. The minimum Gasteiger partial charge on any atom is -0.337 e. The number of benzene rings is 2. The lowest BCUT2D eigenvalue weighted by atomic mass is 9.95. The Labute approximate surface area is 104 Å². The van der Waals surface area contributed by atoms with E-state index in [2.05, 4.69) is 59.0 Å². The highest BCUT2D eigenvalue weighted by molar-refractivity contribution is 8.02. The lowest BCUT2D eigenvalue weighted by Gasteiger charge is -2.24. The summed E-state index contributed by atoms with van der Waals surface area (Å²) in [5, 5.41) is 4.92. The molecular formula is C15H11NS. The molecule has 2 aliphatic rings. The molecule has 0 bridgehead atoms. The molecule has 2 aromatic carbocycles. The molecule has 2 heterocycles. The van der Waals surface area contributed by atoms with E-state index in [0.29, 0.717) is 0 Å². The predicted molar refractivity (Wildman–Crippen MR) is 75.3 cm³/mol. The number of fused-ring (bicyclic) bond motifs is 5. The first-order chi connectivity index (χ1) is 8.43. The Morgan fingerprint density at radius 2 is 2.00 bits per heavy atom. The molecule has 0 saturated heterocycles. The van der Waals surface area contributed by atoms with E-state index in [1.807, 2.05) is 11.8 Å². The summed E-state index contributed by atoms with van der Waals surface area (Å²) in [4.78, 5) is 2.31. The second kappa shape index (κ2) is 3.41. The number of hydrogen-bond acceptors (Lipinski definition) is 2.